The number of ketones is 3. The first-order chi connectivity index (χ1) is 40.8. The van der Waals surface area contributed by atoms with Crippen LogP contribution in [0.2, 0.25) is 0 Å². The van der Waals surface area contributed by atoms with E-state index in [-0.39, 0.29) is 99.6 Å². The lowest BCUT2D eigenvalue weighted by Gasteiger charge is -2.30. The second-order valence-electron chi connectivity index (χ2n) is 23.6. The number of nitrogens with one attached hydrogen (secondary N) is 5. The molecule has 1 aliphatic heterocycles. The fourth-order valence-electron chi connectivity index (χ4n) is 11.5. The normalized spacial score (nSPS) is 18.2. The van der Waals surface area contributed by atoms with Gasteiger partial charge in [0.2, 0.25) is 41.4 Å². The minimum Gasteiger partial charge on any atom is -0.508 e. The summed E-state index contributed by atoms with van der Waals surface area (Å²) >= 11 is 0. The summed E-state index contributed by atoms with van der Waals surface area (Å²) in [4.78, 5) is 145. The van der Waals surface area contributed by atoms with Crippen molar-refractivity contribution in [2.75, 3.05) is 13.1 Å². The summed E-state index contributed by atoms with van der Waals surface area (Å²) < 4.78 is 0. The van der Waals surface area contributed by atoms with E-state index in [4.69, 9.17) is 22.9 Å². The molecule has 5 rings (SSSR count). The van der Waals surface area contributed by atoms with Crippen LogP contribution >= 0.6 is 0 Å². The van der Waals surface area contributed by atoms with Crippen molar-refractivity contribution >= 4 is 75.6 Å². The van der Waals surface area contributed by atoms with Gasteiger partial charge in [0.15, 0.2) is 17.5 Å². The van der Waals surface area contributed by atoms with E-state index >= 15 is 0 Å². The fourth-order valence-corrected chi connectivity index (χ4v) is 11.5. The third-order valence-electron chi connectivity index (χ3n) is 16.0. The van der Waals surface area contributed by atoms with Crippen molar-refractivity contribution in [2.24, 2.45) is 57.5 Å². The highest BCUT2D eigenvalue weighted by molar-refractivity contribution is 5.99. The van der Waals surface area contributed by atoms with Gasteiger partial charge in [-0.1, -0.05) is 88.4 Å². The number of phenols is 1. The van der Waals surface area contributed by atoms with Crippen LogP contribution in [-0.2, 0) is 60.8 Å². The fraction of sp³-hybridized carbons (Fsp3) is 0.565. The van der Waals surface area contributed by atoms with E-state index in [2.05, 4.69) is 31.2 Å². The second kappa shape index (κ2) is 33.6. The quantitative estimate of drug-likeness (QED) is 0.0174. The largest absolute Gasteiger partial charge is 0.508 e. The highest BCUT2D eigenvalue weighted by Crippen LogP contribution is 2.30. The Hall–Kier alpha value is -7.99. The summed E-state index contributed by atoms with van der Waals surface area (Å²) in [6, 6.07) is 7.11. The SMILES string of the molecule is CC(=O)N[C@H](Cc1ccc(O)cc1)C(=O)N1C[C@H](O)C[C@H]1C(=O)N[C@@H](CC(N)=O)C(=O)C[C@H](C(=O)N[C@@H](CC1CCCCC1)C(=O)CC/C=C/[C@@H](CC(C)C)C(=O)C[C@@H](CCCN=C(N)N)C(=O)N[C@@H](Cc1c[nH]c2ccccc12)C(N)=O)[C@@H](C)O. The van der Waals surface area contributed by atoms with Crippen LogP contribution in [0.1, 0.15) is 135 Å². The number of amides is 7. The summed E-state index contributed by atoms with van der Waals surface area (Å²) in [5.74, 6) is -9.74. The lowest BCUT2D eigenvalue weighted by Crippen LogP contribution is -2.56. The predicted octanol–water partition coefficient (Wildman–Crippen LogP) is 2.06. The van der Waals surface area contributed by atoms with Crippen LogP contribution in [0.15, 0.2) is 71.9 Å². The molecule has 1 saturated carbocycles. The molecule has 10 atom stereocenters. The number of likely N-dealkylation sites (tertiary alicyclic amines) is 1. The monoisotopic (exact) mass is 1200 g/mol. The van der Waals surface area contributed by atoms with E-state index in [1.54, 1.807) is 30.5 Å². The average molecular weight is 1200 g/mol. The highest BCUT2D eigenvalue weighted by Gasteiger charge is 2.43. The van der Waals surface area contributed by atoms with E-state index in [9.17, 15) is 63.3 Å². The minimum atomic E-state index is -1.64. The first kappa shape index (κ1) is 68.8. The van der Waals surface area contributed by atoms with E-state index in [0.29, 0.717) is 18.4 Å². The molecule has 2 aliphatic rings. The number of allylic oxidation sites excluding steroid dienone is 2. The number of hydrogen-bond donors (Lipinski definition) is 12. The Kier molecular flexibility index (Phi) is 26.9. The number of para-hydroxylation sites is 1. The maximum absolute atomic E-state index is 14.3. The lowest BCUT2D eigenvalue weighted by atomic mass is 9.83. The zero-order valence-corrected chi connectivity index (χ0v) is 49.8. The van der Waals surface area contributed by atoms with Crippen molar-refractivity contribution in [1.29, 1.82) is 0 Å². The van der Waals surface area contributed by atoms with Crippen molar-refractivity contribution in [1.82, 2.24) is 31.2 Å². The number of phenolic OH excluding ortho intramolecular Hbond substituents is 1. The number of aromatic nitrogens is 1. The zero-order chi connectivity index (χ0) is 63.2. The molecule has 7 amide bonds. The van der Waals surface area contributed by atoms with Crippen LogP contribution in [0.25, 0.3) is 10.9 Å². The Morgan fingerprint density at radius 1 is 0.779 bits per heavy atom. The van der Waals surface area contributed by atoms with Gasteiger partial charge in [-0.3, -0.25) is 52.9 Å². The van der Waals surface area contributed by atoms with Gasteiger partial charge in [0.25, 0.3) is 0 Å². The van der Waals surface area contributed by atoms with Crippen LogP contribution in [-0.4, -0.2) is 145 Å². The first-order valence-electron chi connectivity index (χ1n) is 29.8. The smallest absolute Gasteiger partial charge is 0.246 e. The van der Waals surface area contributed by atoms with E-state index in [1.165, 1.54) is 26.0 Å². The van der Waals surface area contributed by atoms with Gasteiger partial charge >= 0.3 is 0 Å². The molecular formula is C62H89N11O13. The number of nitrogens with two attached hydrogens (primary N) is 4. The van der Waals surface area contributed by atoms with Crippen LogP contribution in [0.5, 0.6) is 5.75 Å². The number of aliphatic hydroxyl groups is 2. The number of aliphatic imine (C=N–C) groups is 1. The van der Waals surface area contributed by atoms with Crippen LogP contribution < -0.4 is 44.2 Å². The third-order valence-corrected chi connectivity index (χ3v) is 16.0. The number of aliphatic hydroxyl groups excluding tert-OH is 2. The van der Waals surface area contributed by atoms with E-state index in [1.807, 2.05) is 38.1 Å². The molecule has 2 aromatic carbocycles. The molecule has 1 aliphatic carbocycles. The molecule has 24 heteroatoms. The van der Waals surface area contributed by atoms with Gasteiger partial charge in [0.05, 0.1) is 36.6 Å². The number of fused-ring (bicyclic) bond motifs is 1. The lowest BCUT2D eigenvalue weighted by molar-refractivity contribution is -0.142. The van der Waals surface area contributed by atoms with Gasteiger partial charge in [0.1, 0.15) is 29.7 Å². The highest BCUT2D eigenvalue weighted by atomic mass is 16.3. The van der Waals surface area contributed by atoms with Crippen LogP contribution in [0, 0.1) is 29.6 Å². The Balaban J connectivity index is 1.27. The zero-order valence-electron chi connectivity index (χ0n) is 49.8. The van der Waals surface area contributed by atoms with Gasteiger partial charge in [-0.25, -0.2) is 0 Å². The summed E-state index contributed by atoms with van der Waals surface area (Å²) in [6.45, 7) is 6.29. The van der Waals surface area contributed by atoms with E-state index < -0.39 is 120 Å². The minimum absolute atomic E-state index is 0.0224. The van der Waals surface area contributed by atoms with Crippen molar-refractivity contribution in [2.45, 2.75) is 179 Å². The Morgan fingerprint density at radius 3 is 2.10 bits per heavy atom. The van der Waals surface area contributed by atoms with Crippen molar-refractivity contribution < 1.29 is 63.3 Å². The molecule has 470 valence electrons. The summed E-state index contributed by atoms with van der Waals surface area (Å²) in [5, 5.41) is 43.0. The molecular weight excluding hydrogens is 1110 g/mol. The number of Topliss-reactive ketones (excluding diaryl/α,β-unsaturated/α-hetero) is 3. The molecule has 0 unspecified atom stereocenters. The molecule has 0 bridgehead atoms. The summed E-state index contributed by atoms with van der Waals surface area (Å²) in [6.07, 6.45) is 6.69. The number of benzene rings is 2. The molecule has 2 heterocycles. The van der Waals surface area contributed by atoms with Gasteiger partial charge in [0, 0.05) is 87.5 Å². The number of β-amino-alcohol motifs (C(OH)–C–C–N with tert-alkyl or cyclic N) is 1. The molecule has 1 saturated heterocycles. The number of H-pyrrole nitrogens is 1. The molecule has 24 nitrogen and oxygen atoms in total. The standard InChI is InChI=1S/C62H89N11O13/c1-35(2)25-40(54(79)29-41(16-12-24-67-62(65)66)58(83)72-50(57(64)82)28-42-33-68-47-18-10-9-17-45(42)47)15-8-11-19-53(78)48(26-38-13-6-5-7-14-38)70-59(84)46(36(3)74)31-55(80)49(32-56(63)81)71-60(85)52-30-44(77)34-73(52)61(86)51(69-37(4)75)27-39-20-22-43(76)23-21-39/h8-10,15,17-18,20-23,33,35-36,38,40-41,44,46,48-52,68,74,76-77H,5-7,11-14,16,19,24-32,34H2,1-4H3,(H2,63,81)(H2,64,82)(H,69,75)(H,70,84)(H,71,85)(H,72,83)(H4,65,66,67)/b15-8+/t36-,40+,41-,44-,46+,48+,49+,50+,51-,52+/m1/s1. The van der Waals surface area contributed by atoms with Crippen molar-refractivity contribution in [3.05, 3.63) is 78.0 Å². The van der Waals surface area contributed by atoms with Crippen LogP contribution in [0.4, 0.5) is 0 Å². The number of aromatic amines is 1. The molecule has 1 aromatic heterocycles. The number of carbonyl (C=O) groups is 10. The topological polar surface area (TPSA) is 415 Å². The molecule has 0 spiro atoms. The second-order valence-corrected chi connectivity index (χ2v) is 23.6. The molecule has 2 fully saturated rings. The molecule has 0 radical (unpaired) electrons. The van der Waals surface area contributed by atoms with Crippen molar-refractivity contribution in [3.63, 3.8) is 0 Å². The number of rotatable bonds is 35. The average Bonchev–Trinajstić information content (AvgIpc) is 2.61. The number of hydrogen-bond acceptors (Lipinski definition) is 14. The number of guanidine groups is 1. The summed E-state index contributed by atoms with van der Waals surface area (Å²) in [5.41, 5.74) is 24.7. The predicted molar refractivity (Wildman–Crippen MR) is 322 cm³/mol. The van der Waals surface area contributed by atoms with E-state index in [0.717, 1.165) is 53.5 Å². The van der Waals surface area contributed by atoms with Crippen molar-refractivity contribution in [3.8, 4) is 5.75 Å². The van der Waals surface area contributed by atoms with Gasteiger partial charge in [-0.15, -0.1) is 0 Å². The number of nitrogens with zero attached hydrogens (tertiary/aromatic N) is 2. The Labute approximate surface area is 501 Å². The number of carbonyl (C=O) groups excluding carboxylic acids is 10. The first-order valence-corrected chi connectivity index (χ1v) is 29.8. The van der Waals surface area contributed by atoms with Gasteiger partial charge in [-0.2, -0.15) is 0 Å². The maximum atomic E-state index is 14.3. The van der Waals surface area contributed by atoms with Crippen LogP contribution in [0.3, 0.4) is 0 Å². The molecule has 86 heavy (non-hydrogen) atoms. The maximum Gasteiger partial charge on any atom is 0.246 e. The van der Waals surface area contributed by atoms with Gasteiger partial charge in [-0.05, 0) is 80.2 Å². The van der Waals surface area contributed by atoms with Gasteiger partial charge < -0.3 is 69.4 Å². The Bertz CT molecular complexity index is 2900. The molecule has 16 N–H and O–H groups in total. The number of primary amides is 2. The summed E-state index contributed by atoms with van der Waals surface area (Å²) in [7, 11) is 0. The Morgan fingerprint density at radius 2 is 1.47 bits per heavy atom. The third kappa shape index (κ3) is 21.8. The molecule has 3 aromatic rings. The number of aromatic hydroxyl groups is 1.